The van der Waals surface area contributed by atoms with E-state index in [1.165, 1.54) is 0 Å². The fourth-order valence-electron chi connectivity index (χ4n) is 1.59. The summed E-state index contributed by atoms with van der Waals surface area (Å²) in [6, 6.07) is 2.32. The maximum atomic E-state index is 5.15. The molecule has 0 aromatic carbocycles. The van der Waals surface area contributed by atoms with Crippen LogP contribution in [0.2, 0.25) is 0 Å². The molecule has 0 amide bonds. The lowest BCUT2D eigenvalue weighted by Gasteiger charge is -2.23. The Kier molecular flexibility index (Phi) is 6.60. The zero-order valence-corrected chi connectivity index (χ0v) is 11.8. The zero-order valence-electron chi connectivity index (χ0n) is 11.8. The number of rotatable bonds is 8. The molecule has 0 spiro atoms. The second-order valence-electron chi connectivity index (χ2n) is 4.52. The third-order valence-corrected chi connectivity index (χ3v) is 2.82. The Morgan fingerprint density at radius 1 is 1.50 bits per heavy atom. The molecule has 18 heavy (non-hydrogen) atoms. The fraction of sp³-hybridized carbons (Fsp3) is 0.692. The van der Waals surface area contributed by atoms with E-state index in [2.05, 4.69) is 41.1 Å². The topological polar surface area (TPSA) is 50.3 Å². The second-order valence-corrected chi connectivity index (χ2v) is 4.52. The van der Waals surface area contributed by atoms with Gasteiger partial charge in [-0.1, -0.05) is 6.92 Å². The molecular formula is C13H24N4O. The van der Waals surface area contributed by atoms with Crippen LogP contribution >= 0.6 is 0 Å². The number of nitrogens with one attached hydrogen (secondary N) is 1. The van der Waals surface area contributed by atoms with Crippen molar-refractivity contribution in [1.29, 1.82) is 0 Å². The standard InChI is InChI=1S/C13H24N4O/c1-5-7-14-13-15-8-6-12(16-13)9-17(3)11(2)10-18-4/h6,8,11H,5,7,9-10H2,1-4H3,(H,14,15,16). The third-order valence-electron chi connectivity index (χ3n) is 2.82. The summed E-state index contributed by atoms with van der Waals surface area (Å²) in [5.74, 6) is 0.710. The Bertz CT molecular complexity index is 346. The Balaban J connectivity index is 2.55. The quantitative estimate of drug-likeness (QED) is 0.764. The Morgan fingerprint density at radius 3 is 2.94 bits per heavy atom. The number of likely N-dealkylation sites (N-methyl/N-ethyl adjacent to an activating group) is 1. The van der Waals surface area contributed by atoms with E-state index in [9.17, 15) is 0 Å². The van der Waals surface area contributed by atoms with Gasteiger partial charge >= 0.3 is 0 Å². The van der Waals surface area contributed by atoms with Crippen molar-refractivity contribution in [2.45, 2.75) is 32.9 Å². The second kappa shape index (κ2) is 8.00. The van der Waals surface area contributed by atoms with Gasteiger partial charge in [0.2, 0.25) is 5.95 Å². The van der Waals surface area contributed by atoms with Crippen molar-refractivity contribution in [3.8, 4) is 0 Å². The Hall–Kier alpha value is -1.20. The van der Waals surface area contributed by atoms with Crippen LogP contribution in [0.3, 0.4) is 0 Å². The van der Waals surface area contributed by atoms with Crippen LogP contribution in [0.4, 0.5) is 5.95 Å². The molecule has 1 N–H and O–H groups in total. The summed E-state index contributed by atoms with van der Waals surface area (Å²) in [6.07, 6.45) is 2.87. The first-order chi connectivity index (χ1) is 8.67. The lowest BCUT2D eigenvalue weighted by Crippen LogP contribution is -2.32. The van der Waals surface area contributed by atoms with Gasteiger partial charge in [0.05, 0.1) is 12.3 Å². The lowest BCUT2D eigenvalue weighted by molar-refractivity contribution is 0.111. The van der Waals surface area contributed by atoms with Crippen LogP contribution in [0.1, 0.15) is 26.0 Å². The van der Waals surface area contributed by atoms with Crippen molar-refractivity contribution >= 4 is 5.95 Å². The molecule has 0 bridgehead atoms. The molecule has 0 aliphatic rings. The first-order valence-corrected chi connectivity index (χ1v) is 6.42. The molecule has 5 heteroatoms. The van der Waals surface area contributed by atoms with Crippen molar-refractivity contribution in [3.63, 3.8) is 0 Å². The summed E-state index contributed by atoms with van der Waals surface area (Å²) in [7, 11) is 3.80. The van der Waals surface area contributed by atoms with Crippen molar-refractivity contribution < 1.29 is 4.74 Å². The van der Waals surface area contributed by atoms with E-state index < -0.39 is 0 Å². The van der Waals surface area contributed by atoms with E-state index >= 15 is 0 Å². The van der Waals surface area contributed by atoms with E-state index in [1.54, 1.807) is 13.3 Å². The molecular weight excluding hydrogens is 228 g/mol. The van der Waals surface area contributed by atoms with Gasteiger partial charge in [-0.05, 0) is 26.5 Å². The molecule has 0 fully saturated rings. The maximum absolute atomic E-state index is 5.15. The van der Waals surface area contributed by atoms with Crippen molar-refractivity contribution in [1.82, 2.24) is 14.9 Å². The number of aromatic nitrogens is 2. The summed E-state index contributed by atoms with van der Waals surface area (Å²) in [5.41, 5.74) is 1.02. The van der Waals surface area contributed by atoms with Crippen LogP contribution in [0, 0.1) is 0 Å². The minimum absolute atomic E-state index is 0.372. The minimum Gasteiger partial charge on any atom is -0.383 e. The molecule has 1 heterocycles. The van der Waals surface area contributed by atoms with Crippen LogP contribution in [0.15, 0.2) is 12.3 Å². The third kappa shape index (κ3) is 4.98. The van der Waals surface area contributed by atoms with Gasteiger partial charge in [-0.3, -0.25) is 4.90 Å². The highest BCUT2D eigenvalue weighted by molar-refractivity contribution is 5.24. The van der Waals surface area contributed by atoms with Crippen LogP contribution in [-0.4, -0.2) is 48.2 Å². The number of nitrogens with zero attached hydrogens (tertiary/aromatic N) is 3. The van der Waals surface area contributed by atoms with Crippen LogP contribution in [0.5, 0.6) is 0 Å². The molecule has 102 valence electrons. The molecule has 5 nitrogen and oxygen atoms in total. The fourth-order valence-corrected chi connectivity index (χ4v) is 1.59. The van der Waals surface area contributed by atoms with Gasteiger partial charge < -0.3 is 10.1 Å². The largest absolute Gasteiger partial charge is 0.383 e. The average molecular weight is 252 g/mol. The predicted molar refractivity (Wildman–Crippen MR) is 73.6 cm³/mol. The number of anilines is 1. The molecule has 1 rings (SSSR count). The molecule has 0 aliphatic carbocycles. The molecule has 0 saturated carbocycles. The Morgan fingerprint density at radius 2 is 2.28 bits per heavy atom. The van der Waals surface area contributed by atoms with E-state index in [-0.39, 0.29) is 0 Å². The van der Waals surface area contributed by atoms with Crippen LogP contribution in [0.25, 0.3) is 0 Å². The first kappa shape index (κ1) is 14.9. The van der Waals surface area contributed by atoms with Crippen molar-refractivity contribution in [2.24, 2.45) is 0 Å². The zero-order chi connectivity index (χ0) is 13.4. The van der Waals surface area contributed by atoms with Crippen LogP contribution in [-0.2, 0) is 11.3 Å². The van der Waals surface area contributed by atoms with E-state index in [0.717, 1.165) is 31.8 Å². The highest BCUT2D eigenvalue weighted by Gasteiger charge is 2.10. The summed E-state index contributed by atoms with van der Waals surface area (Å²) in [4.78, 5) is 10.9. The molecule has 0 saturated heterocycles. The molecule has 1 aromatic rings. The number of ether oxygens (including phenoxy) is 1. The van der Waals surface area contributed by atoms with Gasteiger partial charge in [0.15, 0.2) is 0 Å². The number of hydrogen-bond donors (Lipinski definition) is 1. The molecule has 1 atom stereocenters. The summed E-state index contributed by atoms with van der Waals surface area (Å²) in [6.45, 7) is 6.69. The monoisotopic (exact) mass is 252 g/mol. The van der Waals surface area contributed by atoms with Gasteiger partial charge in [-0.15, -0.1) is 0 Å². The van der Waals surface area contributed by atoms with E-state index in [1.807, 2.05) is 6.07 Å². The van der Waals surface area contributed by atoms with Gasteiger partial charge in [-0.25, -0.2) is 9.97 Å². The lowest BCUT2D eigenvalue weighted by atomic mass is 10.3. The highest BCUT2D eigenvalue weighted by atomic mass is 16.5. The molecule has 1 unspecified atom stereocenters. The first-order valence-electron chi connectivity index (χ1n) is 6.42. The van der Waals surface area contributed by atoms with E-state index in [0.29, 0.717) is 12.0 Å². The normalized spacial score (nSPS) is 12.7. The predicted octanol–water partition coefficient (Wildman–Crippen LogP) is 1.77. The van der Waals surface area contributed by atoms with Crippen molar-refractivity contribution in [2.75, 3.05) is 32.6 Å². The smallest absolute Gasteiger partial charge is 0.222 e. The molecule has 1 aromatic heterocycles. The van der Waals surface area contributed by atoms with Crippen molar-refractivity contribution in [3.05, 3.63) is 18.0 Å². The summed E-state index contributed by atoms with van der Waals surface area (Å²) >= 11 is 0. The van der Waals surface area contributed by atoms with Gasteiger partial charge in [-0.2, -0.15) is 0 Å². The summed E-state index contributed by atoms with van der Waals surface area (Å²) in [5, 5.41) is 3.20. The maximum Gasteiger partial charge on any atom is 0.222 e. The Labute approximate surface area is 110 Å². The number of hydrogen-bond acceptors (Lipinski definition) is 5. The van der Waals surface area contributed by atoms with Gasteiger partial charge in [0, 0.05) is 32.4 Å². The van der Waals surface area contributed by atoms with Gasteiger partial charge in [0.1, 0.15) is 0 Å². The summed E-state index contributed by atoms with van der Waals surface area (Å²) < 4.78 is 5.15. The van der Waals surface area contributed by atoms with Crippen LogP contribution < -0.4 is 5.32 Å². The average Bonchev–Trinajstić information content (AvgIpc) is 2.37. The highest BCUT2D eigenvalue weighted by Crippen LogP contribution is 2.06. The molecule has 0 aliphatic heterocycles. The van der Waals surface area contributed by atoms with Gasteiger partial charge in [0.25, 0.3) is 0 Å². The minimum atomic E-state index is 0.372. The molecule has 0 radical (unpaired) electrons. The van der Waals surface area contributed by atoms with E-state index in [4.69, 9.17) is 4.74 Å². The number of methoxy groups -OCH3 is 1. The SMILES string of the molecule is CCCNc1nccc(CN(C)C(C)COC)n1.